The number of aromatic nitrogens is 6. The first-order chi connectivity index (χ1) is 32.2. The van der Waals surface area contributed by atoms with E-state index in [0.29, 0.717) is 17.5 Å². The quantitative estimate of drug-likeness (QED) is 0.150. The second kappa shape index (κ2) is 14.9. The highest BCUT2D eigenvalue weighted by Gasteiger charge is 2.23. The molecule has 0 aliphatic carbocycles. The van der Waals surface area contributed by atoms with Crippen LogP contribution in [0.5, 0.6) is 0 Å². The lowest BCUT2D eigenvalue weighted by Gasteiger charge is -2.26. The summed E-state index contributed by atoms with van der Waals surface area (Å²) in [7, 11) is 0. The van der Waals surface area contributed by atoms with Gasteiger partial charge in [-0.3, -0.25) is 4.40 Å². The summed E-state index contributed by atoms with van der Waals surface area (Å²) >= 11 is 0. The maximum absolute atomic E-state index is 5.35. The molecule has 4 heterocycles. The molecule has 0 saturated heterocycles. The van der Waals surface area contributed by atoms with Gasteiger partial charge in [0.15, 0.2) is 17.5 Å². The predicted octanol–water partition coefficient (Wildman–Crippen LogP) is 14.5. The molecule has 0 atom stereocenters. The van der Waals surface area contributed by atoms with E-state index in [1.54, 1.807) is 0 Å². The van der Waals surface area contributed by atoms with Gasteiger partial charge in [-0.05, 0) is 78.9 Å². The maximum atomic E-state index is 5.35. The second-order valence-corrected chi connectivity index (χ2v) is 16.3. The van der Waals surface area contributed by atoms with Crippen molar-refractivity contribution in [1.82, 2.24) is 28.9 Å². The summed E-state index contributed by atoms with van der Waals surface area (Å²) in [5.74, 6) is 1.86. The van der Waals surface area contributed by atoms with Crippen molar-refractivity contribution >= 4 is 77.2 Å². The number of hydrogen-bond acceptors (Lipinski definition) is 5. The van der Waals surface area contributed by atoms with Crippen LogP contribution in [-0.4, -0.2) is 28.9 Å². The Kier molecular flexibility index (Phi) is 8.39. The van der Waals surface area contributed by atoms with Gasteiger partial charge in [-0.2, -0.15) is 0 Å². The van der Waals surface area contributed by atoms with Crippen molar-refractivity contribution in [2.45, 2.75) is 0 Å². The molecular weight excluding hydrogens is 795 g/mol. The smallest absolute Gasteiger partial charge is 0.164 e. The van der Waals surface area contributed by atoms with Crippen molar-refractivity contribution in [3.63, 3.8) is 0 Å². The fraction of sp³-hybridized carbons (Fsp3) is 0. The molecule has 9 aromatic carbocycles. The average molecular weight is 832 g/mol. The molecule has 4 aromatic heterocycles. The van der Waals surface area contributed by atoms with Crippen LogP contribution >= 0.6 is 0 Å². The number of imidazole rings is 1. The van der Waals surface area contributed by atoms with E-state index in [9.17, 15) is 0 Å². The monoisotopic (exact) mass is 831 g/mol. The number of hydrogen-bond donors (Lipinski definition) is 0. The minimum absolute atomic E-state index is 0.605. The van der Waals surface area contributed by atoms with E-state index in [2.05, 4.69) is 178 Å². The molecule has 0 aliphatic rings. The Morgan fingerprint density at radius 1 is 0.338 bits per heavy atom. The van der Waals surface area contributed by atoms with Crippen LogP contribution in [0.4, 0.5) is 17.1 Å². The summed E-state index contributed by atoms with van der Waals surface area (Å²) in [4.78, 5) is 22.9. The topological polar surface area (TPSA) is 64.1 Å². The van der Waals surface area contributed by atoms with Crippen LogP contribution < -0.4 is 4.90 Å². The lowest BCUT2D eigenvalue weighted by atomic mass is 10.0. The summed E-state index contributed by atoms with van der Waals surface area (Å²) < 4.78 is 4.76. The number of anilines is 3. The summed E-state index contributed by atoms with van der Waals surface area (Å²) in [6.07, 6.45) is 0. The number of fused-ring (bicyclic) bond motifs is 12. The Morgan fingerprint density at radius 3 is 1.57 bits per heavy atom. The zero-order chi connectivity index (χ0) is 42.8. The SMILES string of the molecule is c1ccc(-c2nc(-c3ccccc3)nc(-c3cccc(-n4c5ccccc5c5ccc6c(c7cc(N(c8ccccc8)c8ccccc8)ccc7n7c8ccccc8nc67)c54)c3)n2)cc1. The van der Waals surface area contributed by atoms with Crippen LogP contribution in [0.25, 0.3) is 100 Å². The first-order valence-electron chi connectivity index (χ1n) is 21.8. The number of para-hydroxylation sites is 5. The molecular formula is C58H37N7. The van der Waals surface area contributed by atoms with Gasteiger partial charge in [-0.1, -0.05) is 146 Å². The standard InChI is InChI=1S/C58H37N7/c1-5-18-38(19-6-1)55-60-56(39-20-7-2-8-21-39)62-57(61-55)40-22-17-27-43(36-40)64-50-30-15-13-28-45(50)46-33-34-47-53(54(46)64)48-37-44(63(41-23-9-3-10-24-41)42-25-11-4-12-26-42)32-35-51(48)65-52-31-16-14-29-49(52)59-58(47)65/h1-37H. The van der Waals surface area contributed by atoms with Crippen molar-refractivity contribution in [3.05, 3.63) is 224 Å². The predicted molar refractivity (Wildman–Crippen MR) is 266 cm³/mol. The van der Waals surface area contributed by atoms with Crippen molar-refractivity contribution in [2.75, 3.05) is 4.90 Å². The molecule has 0 N–H and O–H groups in total. The van der Waals surface area contributed by atoms with Crippen LogP contribution in [0.1, 0.15) is 0 Å². The molecule has 0 radical (unpaired) electrons. The van der Waals surface area contributed by atoms with Gasteiger partial charge < -0.3 is 9.47 Å². The lowest BCUT2D eigenvalue weighted by Crippen LogP contribution is -2.09. The van der Waals surface area contributed by atoms with Gasteiger partial charge in [-0.15, -0.1) is 0 Å². The molecule has 65 heavy (non-hydrogen) atoms. The van der Waals surface area contributed by atoms with E-state index in [1.807, 2.05) is 60.7 Å². The zero-order valence-corrected chi connectivity index (χ0v) is 35.0. The number of nitrogens with zero attached hydrogens (tertiary/aromatic N) is 7. The van der Waals surface area contributed by atoms with Gasteiger partial charge >= 0.3 is 0 Å². The highest BCUT2D eigenvalue weighted by atomic mass is 15.1. The van der Waals surface area contributed by atoms with Gasteiger partial charge in [0.25, 0.3) is 0 Å². The third kappa shape index (κ3) is 5.98. The fourth-order valence-corrected chi connectivity index (χ4v) is 9.62. The number of rotatable bonds is 7. The fourth-order valence-electron chi connectivity index (χ4n) is 9.62. The Morgan fingerprint density at radius 2 is 0.892 bits per heavy atom. The zero-order valence-electron chi connectivity index (χ0n) is 35.0. The normalized spacial score (nSPS) is 11.7. The van der Waals surface area contributed by atoms with Gasteiger partial charge in [0.2, 0.25) is 0 Å². The molecule has 7 nitrogen and oxygen atoms in total. The Labute approximate surface area is 373 Å². The first kappa shape index (κ1) is 36.7. The van der Waals surface area contributed by atoms with Crippen molar-refractivity contribution < 1.29 is 0 Å². The minimum atomic E-state index is 0.605. The molecule has 0 fully saturated rings. The van der Waals surface area contributed by atoms with E-state index in [0.717, 1.165) is 94.2 Å². The van der Waals surface area contributed by atoms with E-state index < -0.39 is 0 Å². The van der Waals surface area contributed by atoms with E-state index in [4.69, 9.17) is 19.9 Å². The molecule has 304 valence electrons. The van der Waals surface area contributed by atoms with E-state index >= 15 is 0 Å². The third-order valence-corrected chi connectivity index (χ3v) is 12.5. The highest BCUT2D eigenvalue weighted by Crippen LogP contribution is 2.44. The maximum Gasteiger partial charge on any atom is 0.164 e. The largest absolute Gasteiger partial charge is 0.310 e. The molecule has 0 saturated carbocycles. The molecule has 0 aliphatic heterocycles. The van der Waals surface area contributed by atoms with E-state index in [-0.39, 0.29) is 0 Å². The van der Waals surface area contributed by atoms with Crippen molar-refractivity contribution in [3.8, 4) is 39.9 Å². The number of pyridine rings is 1. The van der Waals surface area contributed by atoms with Gasteiger partial charge in [0.1, 0.15) is 5.65 Å². The van der Waals surface area contributed by atoms with Gasteiger partial charge in [-0.25, -0.2) is 19.9 Å². The summed E-state index contributed by atoms with van der Waals surface area (Å²) in [5.41, 5.74) is 13.2. The molecule has 0 bridgehead atoms. The van der Waals surface area contributed by atoms with E-state index in [1.165, 1.54) is 5.39 Å². The third-order valence-electron chi connectivity index (χ3n) is 12.5. The highest BCUT2D eigenvalue weighted by molar-refractivity contribution is 6.28. The summed E-state index contributed by atoms with van der Waals surface area (Å²) in [6.45, 7) is 0. The van der Waals surface area contributed by atoms with Crippen molar-refractivity contribution in [2.24, 2.45) is 0 Å². The number of benzene rings is 9. The minimum Gasteiger partial charge on any atom is -0.310 e. The molecule has 13 aromatic rings. The molecule has 0 amide bonds. The van der Waals surface area contributed by atoms with Crippen LogP contribution in [0.2, 0.25) is 0 Å². The summed E-state index contributed by atoms with van der Waals surface area (Å²) in [5, 5.41) is 5.64. The van der Waals surface area contributed by atoms with Crippen LogP contribution in [0.15, 0.2) is 224 Å². The molecule has 7 heteroatoms. The lowest BCUT2D eigenvalue weighted by molar-refractivity contribution is 1.07. The Balaban J connectivity index is 1.12. The molecule has 0 unspecified atom stereocenters. The van der Waals surface area contributed by atoms with Gasteiger partial charge in [0.05, 0.1) is 27.6 Å². The van der Waals surface area contributed by atoms with Crippen molar-refractivity contribution in [1.29, 1.82) is 0 Å². The summed E-state index contributed by atoms with van der Waals surface area (Å²) in [6, 6.07) is 78.6. The first-order valence-corrected chi connectivity index (χ1v) is 21.8. The Hall–Kier alpha value is -8.94. The Bertz CT molecular complexity index is 3840. The van der Waals surface area contributed by atoms with Crippen LogP contribution in [-0.2, 0) is 0 Å². The van der Waals surface area contributed by atoms with Crippen LogP contribution in [0, 0.1) is 0 Å². The molecule has 0 spiro atoms. The second-order valence-electron chi connectivity index (χ2n) is 16.3. The average Bonchev–Trinajstić information content (AvgIpc) is 3.94. The van der Waals surface area contributed by atoms with Crippen LogP contribution in [0.3, 0.4) is 0 Å². The van der Waals surface area contributed by atoms with Gasteiger partial charge in [0, 0.05) is 66.4 Å². The molecule has 13 rings (SSSR count).